The zero-order chi connectivity index (χ0) is 16.1. The number of nitrogens with zero attached hydrogens (tertiary/aromatic N) is 3. The number of rotatable bonds is 5. The maximum Gasteiger partial charge on any atom is 0.305 e. The van der Waals surface area contributed by atoms with Gasteiger partial charge in [0.2, 0.25) is 5.91 Å². The largest absolute Gasteiger partial charge is 0.481 e. The molecule has 1 heterocycles. The van der Waals surface area contributed by atoms with E-state index in [9.17, 15) is 9.59 Å². The summed E-state index contributed by atoms with van der Waals surface area (Å²) in [6, 6.07) is 7.77. The van der Waals surface area contributed by atoms with E-state index in [0.717, 1.165) is 37.6 Å². The molecular formula is C16H23N3O3. The van der Waals surface area contributed by atoms with Gasteiger partial charge in [0.1, 0.15) is 0 Å². The van der Waals surface area contributed by atoms with Crippen LogP contribution in [0.2, 0.25) is 0 Å². The highest BCUT2D eigenvalue weighted by molar-refractivity contribution is 5.92. The molecule has 2 rings (SSSR count). The molecule has 1 fully saturated rings. The number of carbonyl (C=O) groups is 2. The highest BCUT2D eigenvalue weighted by atomic mass is 16.4. The molecule has 0 bridgehead atoms. The average molecular weight is 305 g/mol. The van der Waals surface area contributed by atoms with Gasteiger partial charge in [0, 0.05) is 51.0 Å². The van der Waals surface area contributed by atoms with Gasteiger partial charge < -0.3 is 19.8 Å². The Hall–Kier alpha value is -2.08. The molecule has 0 aliphatic carbocycles. The number of piperazine rings is 1. The number of aliphatic carboxylic acids is 1. The molecule has 1 saturated heterocycles. The topological polar surface area (TPSA) is 64.1 Å². The molecule has 6 heteroatoms. The third kappa shape index (κ3) is 4.21. The van der Waals surface area contributed by atoms with Gasteiger partial charge in [0.25, 0.3) is 0 Å². The quantitative estimate of drug-likeness (QED) is 0.887. The summed E-state index contributed by atoms with van der Waals surface area (Å²) in [5.41, 5.74) is 1.88. The van der Waals surface area contributed by atoms with Gasteiger partial charge in [0.05, 0.1) is 6.42 Å². The molecule has 0 atom stereocenters. The van der Waals surface area contributed by atoms with Crippen molar-refractivity contribution in [3.05, 3.63) is 24.3 Å². The van der Waals surface area contributed by atoms with Crippen molar-refractivity contribution >= 4 is 23.3 Å². The van der Waals surface area contributed by atoms with Crippen molar-refractivity contribution in [3.63, 3.8) is 0 Å². The molecule has 120 valence electrons. The van der Waals surface area contributed by atoms with Gasteiger partial charge in [-0.25, -0.2) is 0 Å². The number of hydrogen-bond donors (Lipinski definition) is 1. The summed E-state index contributed by atoms with van der Waals surface area (Å²) < 4.78 is 0. The summed E-state index contributed by atoms with van der Waals surface area (Å²) in [5.74, 6) is -1.05. The normalized spacial score (nSPS) is 15.6. The number of benzene rings is 1. The fourth-order valence-electron chi connectivity index (χ4n) is 2.58. The molecular weight excluding hydrogens is 282 g/mol. The van der Waals surface area contributed by atoms with Crippen LogP contribution in [0.25, 0.3) is 0 Å². The van der Waals surface area contributed by atoms with E-state index in [4.69, 9.17) is 5.11 Å². The Kier molecular flexibility index (Phi) is 5.38. The predicted octanol–water partition coefficient (Wildman–Crippen LogP) is 1.27. The predicted molar refractivity (Wildman–Crippen MR) is 86.4 cm³/mol. The van der Waals surface area contributed by atoms with E-state index in [1.165, 1.54) is 11.8 Å². The molecule has 1 aliphatic rings. The second kappa shape index (κ2) is 7.26. The highest BCUT2D eigenvalue weighted by Crippen LogP contribution is 2.22. The zero-order valence-electron chi connectivity index (χ0n) is 13.2. The molecule has 6 nitrogen and oxygen atoms in total. The van der Waals surface area contributed by atoms with Crippen molar-refractivity contribution in [3.8, 4) is 0 Å². The first-order valence-corrected chi connectivity index (χ1v) is 7.51. The van der Waals surface area contributed by atoms with E-state index in [0.29, 0.717) is 0 Å². The van der Waals surface area contributed by atoms with Crippen molar-refractivity contribution < 1.29 is 14.7 Å². The number of carboxylic acids is 1. The van der Waals surface area contributed by atoms with E-state index in [1.54, 1.807) is 0 Å². The Balaban J connectivity index is 2.05. The highest BCUT2D eigenvalue weighted by Gasteiger charge is 2.16. The SMILES string of the molecule is CC(=O)N(CCC(=O)O)c1ccc(N2CCN(C)CC2)cc1. The molecule has 0 spiro atoms. The number of amides is 1. The van der Waals surface area contributed by atoms with Gasteiger partial charge in [-0.05, 0) is 31.3 Å². The summed E-state index contributed by atoms with van der Waals surface area (Å²) in [6.07, 6.45) is -0.0558. The van der Waals surface area contributed by atoms with Crippen LogP contribution in [0.15, 0.2) is 24.3 Å². The maximum absolute atomic E-state index is 11.7. The van der Waals surface area contributed by atoms with Gasteiger partial charge in [0.15, 0.2) is 0 Å². The molecule has 22 heavy (non-hydrogen) atoms. The minimum absolute atomic E-state index is 0.0558. The van der Waals surface area contributed by atoms with Gasteiger partial charge in [-0.3, -0.25) is 9.59 Å². The summed E-state index contributed by atoms with van der Waals surface area (Å²) in [7, 11) is 2.12. The monoisotopic (exact) mass is 305 g/mol. The van der Waals surface area contributed by atoms with E-state index in [1.807, 2.05) is 24.3 Å². The first-order chi connectivity index (χ1) is 10.5. The van der Waals surface area contributed by atoms with Crippen molar-refractivity contribution in [2.24, 2.45) is 0 Å². The minimum Gasteiger partial charge on any atom is -0.481 e. The molecule has 1 amide bonds. The van der Waals surface area contributed by atoms with Crippen LogP contribution in [0, 0.1) is 0 Å². The molecule has 0 radical (unpaired) electrons. The molecule has 1 aromatic carbocycles. The molecule has 0 unspecified atom stereocenters. The summed E-state index contributed by atoms with van der Waals surface area (Å²) in [6.45, 7) is 5.71. The fourth-order valence-corrected chi connectivity index (χ4v) is 2.58. The van der Waals surface area contributed by atoms with Crippen LogP contribution in [0.3, 0.4) is 0 Å². The Bertz CT molecular complexity index is 522. The second-order valence-corrected chi connectivity index (χ2v) is 5.62. The lowest BCUT2D eigenvalue weighted by molar-refractivity contribution is -0.136. The molecule has 1 N–H and O–H groups in total. The van der Waals surface area contributed by atoms with Crippen molar-refractivity contribution in [2.75, 3.05) is 49.6 Å². The van der Waals surface area contributed by atoms with Gasteiger partial charge in [-0.1, -0.05) is 0 Å². The first-order valence-electron chi connectivity index (χ1n) is 7.51. The Labute approximate surface area is 130 Å². The lowest BCUT2D eigenvalue weighted by Crippen LogP contribution is -2.44. The Morgan fingerprint density at radius 2 is 1.73 bits per heavy atom. The standard InChI is InChI=1S/C16H23N3O3/c1-13(20)19(8-7-16(21)22)15-5-3-14(4-6-15)18-11-9-17(2)10-12-18/h3-6H,7-12H2,1-2H3,(H,21,22). The molecule has 1 aromatic rings. The minimum atomic E-state index is -0.902. The third-order valence-corrected chi connectivity index (χ3v) is 3.96. The van der Waals surface area contributed by atoms with Crippen molar-refractivity contribution in [1.29, 1.82) is 0 Å². The average Bonchev–Trinajstić information content (AvgIpc) is 2.48. The number of likely N-dealkylation sites (N-methyl/N-ethyl adjacent to an activating group) is 1. The van der Waals surface area contributed by atoms with E-state index in [-0.39, 0.29) is 18.9 Å². The fraction of sp³-hybridized carbons (Fsp3) is 0.500. The van der Waals surface area contributed by atoms with Crippen molar-refractivity contribution in [2.45, 2.75) is 13.3 Å². The van der Waals surface area contributed by atoms with Crippen LogP contribution in [-0.4, -0.2) is 61.7 Å². The summed E-state index contributed by atoms with van der Waals surface area (Å²) in [5, 5.41) is 8.78. The smallest absolute Gasteiger partial charge is 0.305 e. The summed E-state index contributed by atoms with van der Waals surface area (Å²) >= 11 is 0. The molecule has 0 aromatic heterocycles. The van der Waals surface area contributed by atoms with Gasteiger partial charge >= 0.3 is 5.97 Å². The van der Waals surface area contributed by atoms with Crippen LogP contribution in [0.4, 0.5) is 11.4 Å². The summed E-state index contributed by atoms with van der Waals surface area (Å²) in [4.78, 5) is 28.5. The van der Waals surface area contributed by atoms with Crippen LogP contribution < -0.4 is 9.80 Å². The number of hydrogen-bond acceptors (Lipinski definition) is 4. The van der Waals surface area contributed by atoms with Crippen LogP contribution in [0.1, 0.15) is 13.3 Å². The maximum atomic E-state index is 11.7. The van der Waals surface area contributed by atoms with Crippen LogP contribution >= 0.6 is 0 Å². The Morgan fingerprint density at radius 3 is 2.23 bits per heavy atom. The van der Waals surface area contributed by atoms with E-state index in [2.05, 4.69) is 16.8 Å². The second-order valence-electron chi connectivity index (χ2n) is 5.62. The third-order valence-electron chi connectivity index (χ3n) is 3.96. The van der Waals surface area contributed by atoms with Gasteiger partial charge in [-0.15, -0.1) is 0 Å². The molecule has 0 saturated carbocycles. The van der Waals surface area contributed by atoms with E-state index >= 15 is 0 Å². The number of anilines is 2. The lowest BCUT2D eigenvalue weighted by atomic mass is 10.2. The molecule has 1 aliphatic heterocycles. The van der Waals surface area contributed by atoms with E-state index < -0.39 is 5.97 Å². The zero-order valence-corrected chi connectivity index (χ0v) is 13.2. The van der Waals surface area contributed by atoms with Crippen molar-refractivity contribution in [1.82, 2.24) is 4.90 Å². The number of carbonyl (C=O) groups excluding carboxylic acids is 1. The number of carboxylic acid groups (broad SMARTS) is 1. The van der Waals surface area contributed by atoms with Crippen LogP contribution in [-0.2, 0) is 9.59 Å². The Morgan fingerprint density at radius 1 is 1.14 bits per heavy atom. The van der Waals surface area contributed by atoms with Crippen LogP contribution in [0.5, 0.6) is 0 Å². The van der Waals surface area contributed by atoms with Gasteiger partial charge in [-0.2, -0.15) is 0 Å². The lowest BCUT2D eigenvalue weighted by Gasteiger charge is -2.34. The first kappa shape index (κ1) is 16.3.